The summed E-state index contributed by atoms with van der Waals surface area (Å²) in [6, 6.07) is 22.9. The molecule has 2 N–H and O–H groups in total. The number of phenolic OH excluding ortho intramolecular Hbond substituents is 1. The van der Waals surface area contributed by atoms with E-state index in [2.05, 4.69) is 4.72 Å². The van der Waals surface area contributed by atoms with Crippen LogP contribution in [-0.2, 0) is 16.4 Å². The van der Waals surface area contributed by atoms with Crippen LogP contribution in [0.15, 0.2) is 83.8 Å². The zero-order valence-corrected chi connectivity index (χ0v) is 13.7. The Kier molecular flexibility index (Phi) is 4.53. The summed E-state index contributed by atoms with van der Waals surface area (Å²) in [7, 11) is -3.74. The predicted octanol–water partition coefficient (Wildman–Crippen LogP) is 3.78. The summed E-state index contributed by atoms with van der Waals surface area (Å²) >= 11 is 0. The first-order chi connectivity index (χ1) is 11.5. The van der Waals surface area contributed by atoms with Crippen molar-refractivity contribution in [3.63, 3.8) is 0 Å². The van der Waals surface area contributed by atoms with Crippen molar-refractivity contribution in [3.05, 3.63) is 90.0 Å². The summed E-state index contributed by atoms with van der Waals surface area (Å²) in [6.45, 7) is 0. The van der Waals surface area contributed by atoms with E-state index in [0.717, 1.165) is 12.0 Å². The number of anilines is 1. The molecule has 0 saturated carbocycles. The van der Waals surface area contributed by atoms with Crippen molar-refractivity contribution in [2.45, 2.75) is 11.3 Å². The molecule has 3 aromatic rings. The third kappa shape index (κ3) is 3.75. The summed E-state index contributed by atoms with van der Waals surface area (Å²) in [5, 5.41) is 9.70. The zero-order valence-electron chi connectivity index (χ0n) is 12.9. The van der Waals surface area contributed by atoms with Crippen molar-refractivity contribution in [1.82, 2.24) is 0 Å². The molecule has 24 heavy (non-hydrogen) atoms. The quantitative estimate of drug-likeness (QED) is 0.695. The number of sulfonamides is 1. The van der Waals surface area contributed by atoms with Crippen molar-refractivity contribution in [3.8, 4) is 5.75 Å². The second-order valence-corrected chi connectivity index (χ2v) is 7.11. The van der Waals surface area contributed by atoms with E-state index in [-0.39, 0.29) is 16.3 Å². The van der Waals surface area contributed by atoms with Crippen LogP contribution in [0.1, 0.15) is 11.1 Å². The van der Waals surface area contributed by atoms with Gasteiger partial charge in [-0.05, 0) is 41.8 Å². The third-order valence-corrected chi connectivity index (χ3v) is 5.01. The lowest BCUT2D eigenvalue weighted by molar-refractivity contribution is 0.477. The van der Waals surface area contributed by atoms with Crippen LogP contribution < -0.4 is 4.72 Å². The van der Waals surface area contributed by atoms with Gasteiger partial charge in [0.15, 0.2) is 0 Å². The average Bonchev–Trinajstić information content (AvgIpc) is 2.58. The van der Waals surface area contributed by atoms with E-state index in [1.807, 2.05) is 30.3 Å². The predicted molar refractivity (Wildman–Crippen MR) is 94.6 cm³/mol. The van der Waals surface area contributed by atoms with Crippen LogP contribution in [0.2, 0.25) is 0 Å². The summed E-state index contributed by atoms with van der Waals surface area (Å²) in [4.78, 5) is 0.155. The van der Waals surface area contributed by atoms with Gasteiger partial charge in [-0.1, -0.05) is 54.6 Å². The monoisotopic (exact) mass is 339 g/mol. The maximum Gasteiger partial charge on any atom is 0.262 e. The van der Waals surface area contributed by atoms with E-state index in [1.54, 1.807) is 36.4 Å². The van der Waals surface area contributed by atoms with Crippen molar-refractivity contribution in [2.75, 3.05) is 4.72 Å². The molecule has 0 heterocycles. The fraction of sp³-hybridized carbons (Fsp3) is 0.0526. The van der Waals surface area contributed by atoms with Crippen molar-refractivity contribution >= 4 is 15.7 Å². The second-order valence-electron chi connectivity index (χ2n) is 5.43. The van der Waals surface area contributed by atoms with Gasteiger partial charge in [0, 0.05) is 0 Å². The first kappa shape index (κ1) is 16.1. The standard InChI is InChI=1S/C19H17NO3S/c21-19-9-5-4-8-18(19)20-24(22,23)17-12-10-16(11-13-17)14-15-6-2-1-3-7-15/h1-13,20-21H,14H2. The van der Waals surface area contributed by atoms with Crippen LogP contribution in [0.25, 0.3) is 0 Å². The van der Waals surface area contributed by atoms with E-state index in [0.29, 0.717) is 0 Å². The number of phenols is 1. The minimum Gasteiger partial charge on any atom is -0.506 e. The maximum absolute atomic E-state index is 12.4. The van der Waals surface area contributed by atoms with Gasteiger partial charge in [-0.15, -0.1) is 0 Å². The molecule has 0 fully saturated rings. The molecule has 4 nitrogen and oxygen atoms in total. The van der Waals surface area contributed by atoms with E-state index in [9.17, 15) is 13.5 Å². The van der Waals surface area contributed by atoms with Gasteiger partial charge in [-0.3, -0.25) is 4.72 Å². The van der Waals surface area contributed by atoms with Crippen LogP contribution in [0, 0.1) is 0 Å². The molecule has 0 amide bonds. The van der Waals surface area contributed by atoms with Gasteiger partial charge in [0.05, 0.1) is 10.6 Å². The normalized spacial score (nSPS) is 11.2. The van der Waals surface area contributed by atoms with Gasteiger partial charge in [0.2, 0.25) is 0 Å². The second kappa shape index (κ2) is 6.76. The average molecular weight is 339 g/mol. The largest absolute Gasteiger partial charge is 0.506 e. The fourth-order valence-electron chi connectivity index (χ4n) is 2.38. The molecule has 3 rings (SSSR count). The molecular formula is C19H17NO3S. The Hall–Kier alpha value is -2.79. The van der Waals surface area contributed by atoms with Crippen molar-refractivity contribution < 1.29 is 13.5 Å². The van der Waals surface area contributed by atoms with Crippen LogP contribution in [0.4, 0.5) is 5.69 Å². The molecule has 0 aromatic heterocycles. The van der Waals surface area contributed by atoms with Crippen LogP contribution >= 0.6 is 0 Å². The Labute approximate surface area is 141 Å². The minimum absolute atomic E-state index is 0.109. The zero-order chi connectivity index (χ0) is 17.0. The topological polar surface area (TPSA) is 66.4 Å². The number of rotatable bonds is 5. The number of aromatic hydroxyl groups is 1. The van der Waals surface area contributed by atoms with E-state index in [1.165, 1.54) is 17.7 Å². The van der Waals surface area contributed by atoms with Gasteiger partial charge < -0.3 is 5.11 Å². The lowest BCUT2D eigenvalue weighted by atomic mass is 10.1. The molecule has 0 atom stereocenters. The highest BCUT2D eigenvalue weighted by Gasteiger charge is 2.15. The Bertz CT molecular complexity index is 920. The SMILES string of the molecule is O=S(=O)(Nc1ccccc1O)c1ccc(Cc2ccccc2)cc1. The fourth-order valence-corrected chi connectivity index (χ4v) is 3.46. The highest BCUT2D eigenvalue weighted by atomic mass is 32.2. The summed E-state index contributed by atoms with van der Waals surface area (Å²) in [5.41, 5.74) is 2.36. The first-order valence-corrected chi connectivity index (χ1v) is 8.96. The van der Waals surface area contributed by atoms with E-state index >= 15 is 0 Å². The lowest BCUT2D eigenvalue weighted by Gasteiger charge is -2.10. The van der Waals surface area contributed by atoms with Gasteiger partial charge in [0.25, 0.3) is 10.0 Å². The number of hydrogen-bond donors (Lipinski definition) is 2. The summed E-state index contributed by atoms with van der Waals surface area (Å²) in [6.07, 6.45) is 0.744. The van der Waals surface area contributed by atoms with E-state index in [4.69, 9.17) is 0 Å². The number of benzene rings is 3. The van der Waals surface area contributed by atoms with Crippen molar-refractivity contribution in [1.29, 1.82) is 0 Å². The van der Waals surface area contributed by atoms with Gasteiger partial charge >= 0.3 is 0 Å². The number of para-hydroxylation sites is 2. The van der Waals surface area contributed by atoms with Gasteiger partial charge in [-0.2, -0.15) is 0 Å². The lowest BCUT2D eigenvalue weighted by Crippen LogP contribution is -2.13. The molecule has 0 aliphatic heterocycles. The number of hydrogen-bond acceptors (Lipinski definition) is 3. The molecule has 3 aromatic carbocycles. The summed E-state index contributed by atoms with van der Waals surface area (Å²) in [5.74, 6) is -0.109. The molecule has 0 unspecified atom stereocenters. The van der Waals surface area contributed by atoms with Crippen LogP contribution in [-0.4, -0.2) is 13.5 Å². The molecular weight excluding hydrogens is 322 g/mol. The van der Waals surface area contributed by atoms with Crippen molar-refractivity contribution in [2.24, 2.45) is 0 Å². The van der Waals surface area contributed by atoms with Gasteiger partial charge in [0.1, 0.15) is 5.75 Å². The molecule has 0 aliphatic rings. The molecule has 5 heteroatoms. The molecule has 0 spiro atoms. The Morgan fingerprint density at radius 2 is 1.33 bits per heavy atom. The highest BCUT2D eigenvalue weighted by Crippen LogP contribution is 2.25. The Morgan fingerprint density at radius 3 is 2.00 bits per heavy atom. The molecule has 0 radical (unpaired) electrons. The smallest absolute Gasteiger partial charge is 0.262 e. The van der Waals surface area contributed by atoms with Crippen LogP contribution in [0.5, 0.6) is 5.75 Å². The minimum atomic E-state index is -3.74. The van der Waals surface area contributed by atoms with E-state index < -0.39 is 10.0 Å². The Morgan fingerprint density at radius 1 is 0.750 bits per heavy atom. The highest BCUT2D eigenvalue weighted by molar-refractivity contribution is 7.92. The Balaban J connectivity index is 1.78. The first-order valence-electron chi connectivity index (χ1n) is 7.48. The number of nitrogens with one attached hydrogen (secondary N) is 1. The third-order valence-electron chi connectivity index (χ3n) is 3.63. The van der Waals surface area contributed by atoms with Crippen LogP contribution in [0.3, 0.4) is 0 Å². The molecule has 122 valence electrons. The van der Waals surface area contributed by atoms with Gasteiger partial charge in [-0.25, -0.2) is 8.42 Å². The molecule has 0 aliphatic carbocycles. The molecule has 0 bridgehead atoms. The summed E-state index contributed by atoms with van der Waals surface area (Å²) < 4.78 is 27.2. The maximum atomic E-state index is 12.4. The molecule has 0 saturated heterocycles.